The van der Waals surface area contributed by atoms with Gasteiger partial charge in [-0.1, -0.05) is 59.8 Å². The Morgan fingerprint density at radius 1 is 1.03 bits per heavy atom. The molecular weight excluding hydrogens is 420 g/mol. The van der Waals surface area contributed by atoms with Gasteiger partial charge in [0.2, 0.25) is 0 Å². The van der Waals surface area contributed by atoms with Crippen LogP contribution in [0.5, 0.6) is 0 Å². The SMILES string of the molecule is Cc1c(-n2c(SC/C=C\Cl)nc3ccccc3c2=O)c(=O)n(-c2ccccc2)n1C. The van der Waals surface area contributed by atoms with Crippen LogP contribution in [0.25, 0.3) is 22.3 Å². The molecule has 0 saturated heterocycles. The van der Waals surface area contributed by atoms with Gasteiger partial charge in [-0.2, -0.15) is 0 Å². The van der Waals surface area contributed by atoms with Crippen molar-refractivity contribution >= 4 is 34.3 Å². The van der Waals surface area contributed by atoms with Gasteiger partial charge in [-0.3, -0.25) is 14.3 Å². The highest BCUT2D eigenvalue weighted by molar-refractivity contribution is 7.99. The molecule has 0 atom stereocenters. The van der Waals surface area contributed by atoms with E-state index < -0.39 is 0 Å². The summed E-state index contributed by atoms with van der Waals surface area (Å²) in [6, 6.07) is 16.5. The predicted molar refractivity (Wildman–Crippen MR) is 122 cm³/mol. The van der Waals surface area contributed by atoms with Crippen LogP contribution in [-0.2, 0) is 7.05 Å². The summed E-state index contributed by atoms with van der Waals surface area (Å²) in [6.45, 7) is 1.82. The largest absolute Gasteiger partial charge is 0.296 e. The van der Waals surface area contributed by atoms with Crippen LogP contribution >= 0.6 is 23.4 Å². The fourth-order valence-electron chi connectivity index (χ4n) is 3.38. The quantitative estimate of drug-likeness (QED) is 0.348. The third kappa shape index (κ3) is 3.40. The van der Waals surface area contributed by atoms with E-state index in [0.29, 0.717) is 33.2 Å². The topological polar surface area (TPSA) is 61.8 Å². The summed E-state index contributed by atoms with van der Waals surface area (Å²) in [5.41, 5.74) is 3.14. The summed E-state index contributed by atoms with van der Waals surface area (Å²) in [4.78, 5) is 31.6. The zero-order chi connectivity index (χ0) is 21.3. The first-order chi connectivity index (χ1) is 14.5. The Morgan fingerprint density at radius 2 is 1.73 bits per heavy atom. The molecule has 4 rings (SSSR count). The van der Waals surface area contributed by atoms with E-state index in [0.717, 1.165) is 5.69 Å². The van der Waals surface area contributed by atoms with Gasteiger partial charge >= 0.3 is 0 Å². The van der Waals surface area contributed by atoms with Gasteiger partial charge in [0.25, 0.3) is 11.1 Å². The molecule has 2 heterocycles. The molecule has 0 aliphatic rings. The first-order valence-electron chi connectivity index (χ1n) is 9.28. The lowest BCUT2D eigenvalue weighted by atomic mass is 10.2. The average Bonchev–Trinajstić information content (AvgIpc) is 2.98. The molecule has 0 aliphatic carbocycles. The van der Waals surface area contributed by atoms with Crippen molar-refractivity contribution in [2.24, 2.45) is 7.05 Å². The Labute approximate surface area is 182 Å². The van der Waals surface area contributed by atoms with E-state index in [9.17, 15) is 9.59 Å². The number of hydrogen-bond donors (Lipinski definition) is 0. The smallest absolute Gasteiger partial charge is 0.283 e. The van der Waals surface area contributed by atoms with E-state index in [1.165, 1.54) is 21.9 Å². The molecule has 152 valence electrons. The standard InChI is InChI=1S/C22H19ClN4O2S/c1-15-19(21(29)27(25(15)2)16-9-4-3-5-10-16)26-20(28)17-11-6-7-12-18(17)24-22(26)30-14-8-13-23/h3-13H,14H2,1-2H3/b13-8-. The van der Waals surface area contributed by atoms with Crippen LogP contribution in [-0.4, -0.2) is 24.7 Å². The minimum Gasteiger partial charge on any atom is -0.283 e. The zero-order valence-corrected chi connectivity index (χ0v) is 18.0. The first-order valence-corrected chi connectivity index (χ1v) is 10.7. The first kappa shape index (κ1) is 20.3. The average molecular weight is 439 g/mol. The van der Waals surface area contributed by atoms with Gasteiger partial charge in [0.05, 0.1) is 22.3 Å². The lowest BCUT2D eigenvalue weighted by Gasteiger charge is -2.11. The molecule has 0 spiro atoms. The third-order valence-electron chi connectivity index (χ3n) is 4.89. The van der Waals surface area contributed by atoms with Crippen molar-refractivity contribution in [3.8, 4) is 11.4 Å². The van der Waals surface area contributed by atoms with Crippen LogP contribution in [0.3, 0.4) is 0 Å². The maximum Gasteiger partial charge on any atom is 0.296 e. The highest BCUT2D eigenvalue weighted by Crippen LogP contribution is 2.22. The highest BCUT2D eigenvalue weighted by Gasteiger charge is 2.22. The zero-order valence-electron chi connectivity index (χ0n) is 16.4. The molecule has 0 amide bonds. The van der Waals surface area contributed by atoms with Gasteiger partial charge in [-0.15, -0.1) is 0 Å². The maximum absolute atomic E-state index is 13.5. The van der Waals surface area contributed by atoms with E-state index in [2.05, 4.69) is 4.98 Å². The number of fused-ring (bicyclic) bond motifs is 1. The van der Waals surface area contributed by atoms with E-state index in [1.807, 2.05) is 43.3 Å². The Balaban J connectivity index is 2.04. The summed E-state index contributed by atoms with van der Waals surface area (Å²) in [7, 11) is 1.80. The summed E-state index contributed by atoms with van der Waals surface area (Å²) in [5, 5.41) is 0.906. The van der Waals surface area contributed by atoms with E-state index in [4.69, 9.17) is 11.6 Å². The molecule has 4 aromatic rings. The molecule has 0 saturated carbocycles. The lowest BCUT2D eigenvalue weighted by Crippen LogP contribution is -2.28. The molecule has 0 fully saturated rings. The van der Waals surface area contributed by atoms with Gasteiger partial charge in [0.15, 0.2) is 5.16 Å². The van der Waals surface area contributed by atoms with Gasteiger partial charge in [0.1, 0.15) is 5.69 Å². The van der Waals surface area contributed by atoms with Crippen LogP contribution < -0.4 is 11.1 Å². The summed E-state index contributed by atoms with van der Waals surface area (Å²) >= 11 is 7.00. The number of hydrogen-bond acceptors (Lipinski definition) is 4. The lowest BCUT2D eigenvalue weighted by molar-refractivity contribution is 0.630. The van der Waals surface area contributed by atoms with Crippen molar-refractivity contribution in [3.63, 3.8) is 0 Å². The third-order valence-corrected chi connectivity index (χ3v) is 5.96. The molecule has 8 heteroatoms. The Hall–Kier alpha value is -3.03. The van der Waals surface area contributed by atoms with Gasteiger partial charge in [-0.05, 0) is 31.2 Å². The maximum atomic E-state index is 13.5. The predicted octanol–water partition coefficient (Wildman–Crippen LogP) is 4.03. The van der Waals surface area contributed by atoms with Crippen molar-refractivity contribution in [2.45, 2.75) is 12.1 Å². The Bertz CT molecular complexity index is 1370. The molecule has 0 bridgehead atoms. The van der Waals surface area contributed by atoms with Crippen molar-refractivity contribution in [3.05, 3.63) is 92.6 Å². The second-order valence-electron chi connectivity index (χ2n) is 6.63. The normalized spacial score (nSPS) is 11.6. The van der Waals surface area contributed by atoms with Crippen molar-refractivity contribution in [2.75, 3.05) is 5.75 Å². The number of benzene rings is 2. The molecule has 0 aliphatic heterocycles. The molecule has 2 aromatic carbocycles. The van der Waals surface area contributed by atoms with Gasteiger partial charge in [0, 0.05) is 18.3 Å². The minimum atomic E-state index is -0.282. The molecule has 0 unspecified atom stereocenters. The number of rotatable bonds is 5. The number of thioether (sulfide) groups is 1. The fourth-order valence-corrected chi connectivity index (χ4v) is 4.38. The minimum absolute atomic E-state index is 0.274. The van der Waals surface area contributed by atoms with Crippen molar-refractivity contribution in [1.82, 2.24) is 18.9 Å². The van der Waals surface area contributed by atoms with Crippen LogP contribution in [0.4, 0.5) is 0 Å². The number of halogens is 1. The summed E-state index contributed by atoms with van der Waals surface area (Å²) < 4.78 is 4.73. The van der Waals surface area contributed by atoms with E-state index in [1.54, 1.807) is 40.7 Å². The molecule has 0 radical (unpaired) electrons. The molecule has 6 nitrogen and oxygen atoms in total. The molecule has 2 aromatic heterocycles. The highest BCUT2D eigenvalue weighted by atomic mass is 35.5. The van der Waals surface area contributed by atoms with Crippen LogP contribution in [0, 0.1) is 6.92 Å². The number of aromatic nitrogens is 4. The number of nitrogens with zero attached hydrogens (tertiary/aromatic N) is 4. The Kier molecular flexibility index (Phi) is 5.65. The molecule has 0 N–H and O–H groups in total. The summed E-state index contributed by atoms with van der Waals surface area (Å²) in [6.07, 6.45) is 1.76. The summed E-state index contributed by atoms with van der Waals surface area (Å²) in [5.74, 6) is 0.521. The van der Waals surface area contributed by atoms with Gasteiger partial charge in [-0.25, -0.2) is 14.2 Å². The van der Waals surface area contributed by atoms with E-state index >= 15 is 0 Å². The van der Waals surface area contributed by atoms with Crippen molar-refractivity contribution in [1.29, 1.82) is 0 Å². The fraction of sp³-hybridized carbons (Fsp3) is 0.136. The Morgan fingerprint density at radius 3 is 2.47 bits per heavy atom. The second kappa shape index (κ2) is 8.38. The second-order valence-corrected chi connectivity index (χ2v) is 7.87. The van der Waals surface area contributed by atoms with Crippen molar-refractivity contribution < 1.29 is 0 Å². The molecule has 30 heavy (non-hydrogen) atoms. The van der Waals surface area contributed by atoms with Crippen LogP contribution in [0.2, 0.25) is 0 Å². The molecular formula is C22H19ClN4O2S. The van der Waals surface area contributed by atoms with Gasteiger partial charge < -0.3 is 0 Å². The number of para-hydroxylation sites is 2. The van der Waals surface area contributed by atoms with Crippen LogP contribution in [0.1, 0.15) is 5.69 Å². The monoisotopic (exact) mass is 438 g/mol. The van der Waals surface area contributed by atoms with Crippen LogP contribution in [0.15, 0.2) is 81.0 Å². The van der Waals surface area contributed by atoms with E-state index in [-0.39, 0.29) is 11.1 Å².